The molecule has 1 aliphatic rings. The summed E-state index contributed by atoms with van der Waals surface area (Å²) in [7, 11) is 4.31. The van der Waals surface area contributed by atoms with Crippen LogP contribution >= 0.6 is 0 Å². The minimum absolute atomic E-state index is 0.219. The van der Waals surface area contributed by atoms with Crippen molar-refractivity contribution < 1.29 is 0 Å². The lowest BCUT2D eigenvalue weighted by atomic mass is 10.1. The van der Waals surface area contributed by atoms with Crippen LogP contribution in [0.5, 0.6) is 0 Å². The molecule has 1 saturated heterocycles. The highest BCUT2D eigenvalue weighted by Crippen LogP contribution is 2.22. The highest BCUT2D eigenvalue weighted by Gasteiger charge is 2.25. The van der Waals surface area contributed by atoms with Crippen molar-refractivity contribution in [2.45, 2.75) is 32.7 Å². The Morgan fingerprint density at radius 2 is 2.10 bits per heavy atom. The zero-order chi connectivity index (χ0) is 15.4. The van der Waals surface area contributed by atoms with E-state index in [1.54, 1.807) is 0 Å². The molecule has 118 valence electrons. The van der Waals surface area contributed by atoms with Crippen LogP contribution in [0.2, 0.25) is 0 Å². The third kappa shape index (κ3) is 4.36. The van der Waals surface area contributed by atoms with E-state index < -0.39 is 0 Å². The van der Waals surface area contributed by atoms with Gasteiger partial charge in [0.2, 0.25) is 0 Å². The molecule has 6 heteroatoms. The van der Waals surface area contributed by atoms with E-state index >= 15 is 0 Å². The first kappa shape index (κ1) is 16.1. The van der Waals surface area contributed by atoms with Gasteiger partial charge in [-0.2, -0.15) is 0 Å². The van der Waals surface area contributed by atoms with Gasteiger partial charge in [0.15, 0.2) is 0 Å². The number of nitrogens with zero attached hydrogens (tertiary/aromatic N) is 4. The number of nitrogens with two attached hydrogens (primary N) is 1. The zero-order valence-corrected chi connectivity index (χ0v) is 13.6. The number of aromatic nitrogens is 2. The summed E-state index contributed by atoms with van der Waals surface area (Å²) < 4.78 is 0. The summed E-state index contributed by atoms with van der Waals surface area (Å²) in [6.45, 7) is 7.53. The van der Waals surface area contributed by atoms with Crippen LogP contribution in [0.25, 0.3) is 0 Å². The van der Waals surface area contributed by atoms with Crippen molar-refractivity contribution in [3.63, 3.8) is 0 Å². The van der Waals surface area contributed by atoms with Crippen molar-refractivity contribution >= 4 is 5.82 Å². The monoisotopic (exact) mass is 292 g/mol. The van der Waals surface area contributed by atoms with Crippen LogP contribution in [-0.2, 0) is 6.42 Å². The maximum Gasteiger partial charge on any atom is 0.149 e. The molecule has 1 unspecified atom stereocenters. The van der Waals surface area contributed by atoms with Crippen molar-refractivity contribution in [1.82, 2.24) is 19.8 Å². The fraction of sp³-hybridized carbons (Fsp3) is 0.733. The van der Waals surface area contributed by atoms with Crippen LogP contribution < -0.4 is 11.3 Å². The number of hydrogen-bond acceptors (Lipinski definition) is 6. The van der Waals surface area contributed by atoms with Gasteiger partial charge in [0.25, 0.3) is 0 Å². The minimum atomic E-state index is 0.219. The number of likely N-dealkylation sites (N-methyl/N-ethyl adjacent to an activating group) is 2. The van der Waals surface area contributed by atoms with Crippen LogP contribution in [0, 0.1) is 5.92 Å². The molecule has 3 N–H and O–H groups in total. The van der Waals surface area contributed by atoms with Crippen LogP contribution in [-0.4, -0.2) is 53.5 Å². The van der Waals surface area contributed by atoms with E-state index in [0.29, 0.717) is 11.7 Å². The number of nitrogens with one attached hydrogen (secondary N) is 1. The standard InChI is InChI=1S/C15H28N6/c1-11(2)8-12-9-14(19-16)18-15(17-12)13-10-20(3)6-5-7-21(13)4/h9,11,13H,5-8,10,16H2,1-4H3,(H,17,18,19). The molecule has 1 aromatic rings. The molecule has 0 radical (unpaired) electrons. The molecular weight excluding hydrogens is 264 g/mol. The van der Waals surface area contributed by atoms with Crippen molar-refractivity contribution in [3.05, 3.63) is 17.6 Å². The molecule has 1 fully saturated rings. The number of anilines is 1. The Morgan fingerprint density at radius 3 is 2.76 bits per heavy atom. The molecule has 0 amide bonds. The van der Waals surface area contributed by atoms with Gasteiger partial charge in [0.1, 0.15) is 11.6 Å². The first-order valence-corrected chi connectivity index (χ1v) is 7.73. The van der Waals surface area contributed by atoms with E-state index in [0.717, 1.165) is 37.6 Å². The predicted octanol–water partition coefficient (Wildman–Crippen LogP) is 1.27. The number of hydrazine groups is 1. The van der Waals surface area contributed by atoms with Crippen molar-refractivity contribution in [1.29, 1.82) is 0 Å². The summed E-state index contributed by atoms with van der Waals surface area (Å²) in [4.78, 5) is 14.1. The van der Waals surface area contributed by atoms with Gasteiger partial charge in [-0.3, -0.25) is 4.90 Å². The normalized spacial score (nSPS) is 21.5. The largest absolute Gasteiger partial charge is 0.308 e. The van der Waals surface area contributed by atoms with Gasteiger partial charge in [-0.05, 0) is 45.9 Å². The van der Waals surface area contributed by atoms with Gasteiger partial charge in [-0.25, -0.2) is 15.8 Å². The second kappa shape index (κ2) is 7.15. The number of rotatable bonds is 4. The molecule has 2 heterocycles. The molecule has 0 bridgehead atoms. The summed E-state index contributed by atoms with van der Waals surface area (Å²) >= 11 is 0. The van der Waals surface area contributed by atoms with Gasteiger partial charge in [0.05, 0.1) is 6.04 Å². The summed E-state index contributed by atoms with van der Waals surface area (Å²) in [5.74, 6) is 7.72. The SMILES string of the molecule is CC(C)Cc1cc(NN)nc(C2CN(C)CCCN2C)n1. The van der Waals surface area contributed by atoms with E-state index in [1.807, 2.05) is 6.07 Å². The molecule has 0 saturated carbocycles. The second-order valence-corrected chi connectivity index (χ2v) is 6.46. The summed E-state index contributed by atoms with van der Waals surface area (Å²) in [5.41, 5.74) is 3.74. The molecule has 0 aliphatic carbocycles. The molecule has 0 spiro atoms. The maximum absolute atomic E-state index is 5.58. The van der Waals surface area contributed by atoms with Gasteiger partial charge in [-0.1, -0.05) is 13.8 Å². The van der Waals surface area contributed by atoms with Crippen molar-refractivity contribution in [3.8, 4) is 0 Å². The first-order chi connectivity index (χ1) is 9.99. The van der Waals surface area contributed by atoms with Crippen LogP contribution in [0.4, 0.5) is 5.82 Å². The van der Waals surface area contributed by atoms with E-state index in [4.69, 9.17) is 10.8 Å². The average molecular weight is 292 g/mol. The summed E-state index contributed by atoms with van der Waals surface area (Å²) in [6.07, 6.45) is 2.12. The molecule has 6 nitrogen and oxygen atoms in total. The summed E-state index contributed by atoms with van der Waals surface area (Å²) in [6, 6.07) is 2.17. The average Bonchev–Trinajstić information content (AvgIpc) is 2.59. The second-order valence-electron chi connectivity index (χ2n) is 6.46. The third-order valence-corrected chi connectivity index (χ3v) is 3.93. The van der Waals surface area contributed by atoms with Crippen LogP contribution in [0.1, 0.15) is 37.8 Å². The van der Waals surface area contributed by atoms with Gasteiger partial charge in [-0.15, -0.1) is 0 Å². The fourth-order valence-electron chi connectivity index (χ4n) is 2.81. The van der Waals surface area contributed by atoms with Gasteiger partial charge >= 0.3 is 0 Å². The summed E-state index contributed by atoms with van der Waals surface area (Å²) in [5, 5.41) is 0. The Kier molecular flexibility index (Phi) is 5.50. The zero-order valence-electron chi connectivity index (χ0n) is 13.6. The smallest absolute Gasteiger partial charge is 0.149 e. The highest BCUT2D eigenvalue weighted by atomic mass is 15.3. The van der Waals surface area contributed by atoms with Crippen LogP contribution in [0.15, 0.2) is 6.07 Å². The lowest BCUT2D eigenvalue weighted by molar-refractivity contribution is 0.219. The van der Waals surface area contributed by atoms with E-state index in [9.17, 15) is 0 Å². The Morgan fingerprint density at radius 1 is 1.33 bits per heavy atom. The topological polar surface area (TPSA) is 70.3 Å². The number of nitrogen functional groups attached to an aromatic ring is 1. The van der Waals surface area contributed by atoms with E-state index in [1.165, 1.54) is 6.42 Å². The molecule has 1 aliphatic heterocycles. The lowest BCUT2D eigenvalue weighted by Gasteiger charge is -2.26. The third-order valence-electron chi connectivity index (χ3n) is 3.93. The molecule has 1 aromatic heterocycles. The van der Waals surface area contributed by atoms with E-state index in [-0.39, 0.29) is 6.04 Å². The van der Waals surface area contributed by atoms with Crippen LogP contribution in [0.3, 0.4) is 0 Å². The van der Waals surface area contributed by atoms with Gasteiger partial charge in [0, 0.05) is 18.3 Å². The molecular formula is C15H28N6. The predicted molar refractivity (Wildman–Crippen MR) is 85.9 cm³/mol. The lowest BCUT2D eigenvalue weighted by Crippen LogP contribution is -2.32. The Labute approximate surface area is 127 Å². The highest BCUT2D eigenvalue weighted by molar-refractivity contribution is 5.35. The Bertz CT molecular complexity index is 461. The Balaban J connectivity index is 2.31. The maximum atomic E-state index is 5.58. The van der Waals surface area contributed by atoms with E-state index in [2.05, 4.69) is 48.2 Å². The number of hydrogen-bond donors (Lipinski definition) is 2. The van der Waals surface area contributed by atoms with Gasteiger partial charge < -0.3 is 10.3 Å². The van der Waals surface area contributed by atoms with Crippen molar-refractivity contribution in [2.75, 3.05) is 39.2 Å². The molecule has 2 rings (SSSR count). The molecule has 21 heavy (non-hydrogen) atoms. The quantitative estimate of drug-likeness (QED) is 0.643. The first-order valence-electron chi connectivity index (χ1n) is 7.73. The fourth-order valence-corrected chi connectivity index (χ4v) is 2.81. The van der Waals surface area contributed by atoms with Crippen molar-refractivity contribution in [2.24, 2.45) is 11.8 Å². The molecule has 1 atom stereocenters. The Hall–Kier alpha value is -1.24. The minimum Gasteiger partial charge on any atom is -0.308 e. The molecule has 0 aromatic carbocycles.